The predicted molar refractivity (Wildman–Crippen MR) is 52.5 cm³/mol. The topological polar surface area (TPSA) is 50.9 Å². The second kappa shape index (κ2) is 5.78. The van der Waals surface area contributed by atoms with Crippen LogP contribution in [0.1, 0.15) is 26.2 Å². The highest BCUT2D eigenvalue weighted by Crippen LogP contribution is 2.08. The average Bonchev–Trinajstić information content (AvgIpc) is 2.97. The van der Waals surface area contributed by atoms with E-state index in [9.17, 15) is 4.79 Å². The number of ether oxygens (including phenoxy) is 1. The Morgan fingerprint density at radius 3 is 3.00 bits per heavy atom. The third kappa shape index (κ3) is 4.39. The maximum atomic E-state index is 11.3. The van der Waals surface area contributed by atoms with Crippen molar-refractivity contribution in [1.82, 2.24) is 5.48 Å². The summed E-state index contributed by atoms with van der Waals surface area (Å²) in [6, 6.07) is 0. The van der Waals surface area contributed by atoms with Gasteiger partial charge in [-0.25, -0.2) is 5.48 Å². The Morgan fingerprint density at radius 2 is 2.43 bits per heavy atom. The van der Waals surface area contributed by atoms with Crippen LogP contribution >= 0.6 is 0 Å². The highest BCUT2D eigenvalue weighted by atomic mass is 16.7. The third-order valence-corrected chi connectivity index (χ3v) is 1.99. The first-order valence-electron chi connectivity index (χ1n) is 4.95. The fraction of sp³-hybridized carbons (Fsp3) is 0.700. The molecule has 1 fully saturated rings. The quantitative estimate of drug-likeness (QED) is 0.380. The zero-order valence-corrected chi connectivity index (χ0v) is 8.54. The smallest absolute Gasteiger partial charge is 0.270 e. The maximum Gasteiger partial charge on any atom is 0.270 e. The standard InChI is InChI=1S/C10H17NO3/c1-3-4-5-8(2)10(12)11-14-7-9-6-13-9/h9H,2-7H2,1H3,(H,11,12). The minimum absolute atomic E-state index is 0.166. The van der Waals surface area contributed by atoms with E-state index in [4.69, 9.17) is 9.57 Å². The van der Waals surface area contributed by atoms with Crippen molar-refractivity contribution in [2.45, 2.75) is 32.3 Å². The minimum atomic E-state index is -0.223. The summed E-state index contributed by atoms with van der Waals surface area (Å²) in [4.78, 5) is 16.2. The molecule has 0 radical (unpaired) electrons. The van der Waals surface area contributed by atoms with Crippen LogP contribution in [0.4, 0.5) is 0 Å². The lowest BCUT2D eigenvalue weighted by Crippen LogP contribution is -2.26. The van der Waals surface area contributed by atoms with Gasteiger partial charge in [-0.2, -0.15) is 0 Å². The highest BCUT2D eigenvalue weighted by Gasteiger charge is 2.23. The first-order chi connectivity index (χ1) is 6.74. The Hall–Kier alpha value is -0.870. The summed E-state index contributed by atoms with van der Waals surface area (Å²) in [5.41, 5.74) is 2.92. The predicted octanol–water partition coefficient (Wildman–Crippen LogP) is 1.18. The molecule has 1 amide bonds. The van der Waals surface area contributed by atoms with Crippen LogP contribution in [0.5, 0.6) is 0 Å². The summed E-state index contributed by atoms with van der Waals surface area (Å²) in [5, 5.41) is 0. The van der Waals surface area contributed by atoms with Crippen LogP contribution in [-0.4, -0.2) is 25.2 Å². The van der Waals surface area contributed by atoms with Gasteiger partial charge in [0.2, 0.25) is 0 Å². The number of amides is 1. The molecule has 0 saturated carbocycles. The molecular weight excluding hydrogens is 182 g/mol. The van der Waals surface area contributed by atoms with E-state index in [1.54, 1.807) is 0 Å². The molecule has 1 atom stereocenters. The van der Waals surface area contributed by atoms with Gasteiger partial charge in [0.1, 0.15) is 12.7 Å². The Balaban J connectivity index is 2.03. The number of epoxide rings is 1. The summed E-state index contributed by atoms with van der Waals surface area (Å²) in [6.45, 7) is 6.91. The monoisotopic (exact) mass is 199 g/mol. The van der Waals surface area contributed by atoms with Crippen molar-refractivity contribution in [3.05, 3.63) is 12.2 Å². The van der Waals surface area contributed by atoms with E-state index in [0.29, 0.717) is 12.2 Å². The van der Waals surface area contributed by atoms with Gasteiger partial charge in [-0.1, -0.05) is 19.9 Å². The summed E-state index contributed by atoms with van der Waals surface area (Å²) >= 11 is 0. The largest absolute Gasteiger partial charge is 0.371 e. The first-order valence-corrected chi connectivity index (χ1v) is 4.95. The lowest BCUT2D eigenvalue weighted by Gasteiger charge is -2.06. The Morgan fingerprint density at radius 1 is 1.71 bits per heavy atom. The molecule has 1 heterocycles. The molecule has 0 aromatic rings. The van der Waals surface area contributed by atoms with Crippen molar-refractivity contribution in [3.63, 3.8) is 0 Å². The van der Waals surface area contributed by atoms with Crippen molar-refractivity contribution in [2.24, 2.45) is 0 Å². The summed E-state index contributed by atoms with van der Waals surface area (Å²) < 4.78 is 4.92. The van der Waals surface area contributed by atoms with Crippen LogP contribution < -0.4 is 5.48 Å². The van der Waals surface area contributed by atoms with Crippen LogP contribution in [0.25, 0.3) is 0 Å². The molecule has 14 heavy (non-hydrogen) atoms. The molecule has 80 valence electrons. The van der Waals surface area contributed by atoms with E-state index >= 15 is 0 Å². The maximum absolute atomic E-state index is 11.3. The van der Waals surface area contributed by atoms with Crippen LogP contribution in [-0.2, 0) is 14.4 Å². The van der Waals surface area contributed by atoms with Gasteiger partial charge in [0, 0.05) is 5.57 Å². The van der Waals surface area contributed by atoms with Gasteiger partial charge in [-0.15, -0.1) is 0 Å². The number of nitrogens with one attached hydrogen (secondary N) is 1. The fourth-order valence-electron chi connectivity index (χ4n) is 0.940. The minimum Gasteiger partial charge on any atom is -0.371 e. The first kappa shape index (κ1) is 11.2. The molecule has 4 nitrogen and oxygen atoms in total. The van der Waals surface area contributed by atoms with Gasteiger partial charge in [-0.05, 0) is 12.8 Å². The van der Waals surface area contributed by atoms with Crippen LogP contribution in [0, 0.1) is 0 Å². The van der Waals surface area contributed by atoms with Gasteiger partial charge in [0.05, 0.1) is 6.61 Å². The lowest BCUT2D eigenvalue weighted by atomic mass is 10.1. The number of carbonyl (C=O) groups is 1. The fourth-order valence-corrected chi connectivity index (χ4v) is 0.940. The molecular formula is C10H17NO3. The normalized spacial score (nSPS) is 19.1. The van der Waals surface area contributed by atoms with Gasteiger partial charge in [0.25, 0.3) is 5.91 Å². The average molecular weight is 199 g/mol. The Bertz CT molecular complexity index is 211. The number of rotatable bonds is 7. The van der Waals surface area contributed by atoms with Gasteiger partial charge < -0.3 is 4.74 Å². The molecule has 1 N–H and O–H groups in total. The van der Waals surface area contributed by atoms with Crippen molar-refractivity contribution >= 4 is 5.91 Å². The van der Waals surface area contributed by atoms with E-state index < -0.39 is 0 Å². The zero-order valence-electron chi connectivity index (χ0n) is 8.54. The molecule has 4 heteroatoms. The number of hydrogen-bond acceptors (Lipinski definition) is 3. The van der Waals surface area contributed by atoms with Crippen LogP contribution in [0.2, 0.25) is 0 Å². The lowest BCUT2D eigenvalue weighted by molar-refractivity contribution is -0.130. The molecule has 1 aliphatic heterocycles. The van der Waals surface area contributed by atoms with Gasteiger partial charge in [-0.3, -0.25) is 9.63 Å². The molecule has 1 saturated heterocycles. The van der Waals surface area contributed by atoms with Gasteiger partial charge in [0.15, 0.2) is 0 Å². The molecule has 0 spiro atoms. The second-order valence-corrected chi connectivity index (χ2v) is 3.40. The van der Waals surface area contributed by atoms with E-state index in [1.165, 1.54) is 0 Å². The van der Waals surface area contributed by atoms with Crippen molar-refractivity contribution in [1.29, 1.82) is 0 Å². The summed E-state index contributed by atoms with van der Waals surface area (Å²) in [5.74, 6) is -0.223. The Labute approximate surface area is 84.2 Å². The highest BCUT2D eigenvalue weighted by molar-refractivity contribution is 5.91. The van der Waals surface area contributed by atoms with E-state index in [-0.39, 0.29) is 12.0 Å². The van der Waals surface area contributed by atoms with E-state index in [0.717, 1.165) is 25.9 Å². The molecule has 1 aliphatic rings. The molecule has 1 unspecified atom stereocenters. The summed E-state index contributed by atoms with van der Waals surface area (Å²) in [6.07, 6.45) is 2.94. The summed E-state index contributed by atoms with van der Waals surface area (Å²) in [7, 11) is 0. The molecule has 0 aliphatic carbocycles. The van der Waals surface area contributed by atoms with Crippen LogP contribution in [0.15, 0.2) is 12.2 Å². The SMILES string of the molecule is C=C(CCCC)C(=O)NOCC1CO1. The second-order valence-electron chi connectivity index (χ2n) is 3.40. The van der Waals surface area contributed by atoms with Crippen molar-refractivity contribution in [3.8, 4) is 0 Å². The molecule has 1 rings (SSSR count). The molecule has 0 aromatic heterocycles. The number of carbonyl (C=O) groups excluding carboxylic acids is 1. The number of hydrogen-bond donors (Lipinski definition) is 1. The van der Waals surface area contributed by atoms with Gasteiger partial charge >= 0.3 is 0 Å². The van der Waals surface area contributed by atoms with Crippen molar-refractivity contribution in [2.75, 3.05) is 13.2 Å². The Kier molecular flexibility index (Phi) is 4.62. The van der Waals surface area contributed by atoms with E-state index in [1.807, 2.05) is 0 Å². The number of hydroxylamine groups is 1. The van der Waals surface area contributed by atoms with Crippen molar-refractivity contribution < 1.29 is 14.4 Å². The number of unbranched alkanes of at least 4 members (excludes halogenated alkanes) is 1. The third-order valence-electron chi connectivity index (χ3n) is 1.99. The van der Waals surface area contributed by atoms with Crippen LogP contribution in [0.3, 0.4) is 0 Å². The zero-order chi connectivity index (χ0) is 10.4. The van der Waals surface area contributed by atoms with E-state index in [2.05, 4.69) is 19.0 Å². The molecule has 0 bridgehead atoms. The molecule has 0 aromatic carbocycles.